The van der Waals surface area contributed by atoms with Crippen LogP contribution in [0.25, 0.3) is 11.0 Å². The van der Waals surface area contributed by atoms with Crippen LogP contribution in [0.5, 0.6) is 0 Å². The third-order valence-corrected chi connectivity index (χ3v) is 6.72. The molecule has 2 aliphatic heterocycles. The lowest BCUT2D eigenvalue weighted by Crippen LogP contribution is -2.61. The Hall–Kier alpha value is -2.96. The van der Waals surface area contributed by atoms with Gasteiger partial charge in [-0.3, -0.25) is 9.69 Å². The summed E-state index contributed by atoms with van der Waals surface area (Å²) in [6.45, 7) is 2.55. The van der Waals surface area contributed by atoms with E-state index in [0.29, 0.717) is 25.1 Å². The van der Waals surface area contributed by atoms with Gasteiger partial charge in [-0.15, -0.1) is 0 Å². The minimum atomic E-state index is -1.03. The molecule has 2 aliphatic rings. The lowest BCUT2D eigenvalue weighted by atomic mass is 9.79. The van der Waals surface area contributed by atoms with E-state index in [2.05, 4.69) is 4.90 Å². The number of aliphatic hydroxyl groups is 1. The molecular formula is C25H26N2O4. The summed E-state index contributed by atoms with van der Waals surface area (Å²) in [5.41, 5.74) is -0.258. The summed E-state index contributed by atoms with van der Waals surface area (Å²) < 4.78 is 5.38. The van der Waals surface area contributed by atoms with Gasteiger partial charge >= 0.3 is 5.63 Å². The van der Waals surface area contributed by atoms with E-state index in [0.717, 1.165) is 36.9 Å². The third-order valence-electron chi connectivity index (χ3n) is 6.72. The van der Waals surface area contributed by atoms with E-state index in [4.69, 9.17) is 4.42 Å². The van der Waals surface area contributed by atoms with Gasteiger partial charge in [-0.1, -0.05) is 48.5 Å². The smallest absolute Gasteiger partial charge is 0.349 e. The summed E-state index contributed by atoms with van der Waals surface area (Å²) in [6, 6.07) is 18.3. The highest BCUT2D eigenvalue weighted by Crippen LogP contribution is 2.37. The molecular weight excluding hydrogens is 392 g/mol. The molecule has 2 saturated heterocycles. The van der Waals surface area contributed by atoms with E-state index in [-0.39, 0.29) is 17.5 Å². The number of benzene rings is 2. The van der Waals surface area contributed by atoms with E-state index < -0.39 is 11.2 Å². The topological polar surface area (TPSA) is 74.0 Å². The molecule has 1 amide bonds. The number of likely N-dealkylation sites (tertiary alicyclic amines) is 2. The van der Waals surface area contributed by atoms with Crippen LogP contribution in [-0.4, -0.2) is 53.0 Å². The van der Waals surface area contributed by atoms with Crippen LogP contribution in [0.4, 0.5) is 0 Å². The first-order valence-corrected chi connectivity index (χ1v) is 10.9. The number of hydrogen-bond acceptors (Lipinski definition) is 5. The molecule has 0 unspecified atom stereocenters. The van der Waals surface area contributed by atoms with Crippen molar-refractivity contribution in [2.75, 3.05) is 26.2 Å². The monoisotopic (exact) mass is 418 g/mol. The fourth-order valence-corrected chi connectivity index (χ4v) is 5.02. The van der Waals surface area contributed by atoms with Crippen LogP contribution >= 0.6 is 0 Å². The molecule has 31 heavy (non-hydrogen) atoms. The fraction of sp³-hybridized carbons (Fsp3) is 0.360. The second kappa shape index (κ2) is 7.94. The highest BCUT2D eigenvalue weighted by Gasteiger charge is 2.47. The van der Waals surface area contributed by atoms with Crippen molar-refractivity contribution in [3.05, 3.63) is 82.2 Å². The van der Waals surface area contributed by atoms with Crippen molar-refractivity contribution in [3.8, 4) is 0 Å². The van der Waals surface area contributed by atoms with E-state index >= 15 is 0 Å². The van der Waals surface area contributed by atoms with Crippen molar-refractivity contribution in [2.24, 2.45) is 0 Å². The summed E-state index contributed by atoms with van der Waals surface area (Å²) in [5.74, 6) is -0.334. The van der Waals surface area contributed by atoms with Gasteiger partial charge in [-0.2, -0.15) is 0 Å². The first-order chi connectivity index (χ1) is 15.1. The van der Waals surface area contributed by atoms with Gasteiger partial charge in [-0.05, 0) is 50.0 Å². The number of piperidine rings is 1. The summed E-state index contributed by atoms with van der Waals surface area (Å²) in [6.07, 6.45) is 2.59. The maximum Gasteiger partial charge on any atom is 0.349 e. The maximum atomic E-state index is 13.3. The molecule has 2 fully saturated rings. The lowest BCUT2D eigenvalue weighted by Gasteiger charge is -2.48. The second-order valence-electron chi connectivity index (χ2n) is 8.54. The number of fused-ring (bicyclic) bond motifs is 1. The van der Waals surface area contributed by atoms with Crippen LogP contribution in [0.2, 0.25) is 0 Å². The van der Waals surface area contributed by atoms with Gasteiger partial charge in [0.15, 0.2) is 0 Å². The van der Waals surface area contributed by atoms with E-state index in [1.54, 1.807) is 23.1 Å². The Kier molecular flexibility index (Phi) is 5.12. The van der Waals surface area contributed by atoms with Crippen LogP contribution in [0.1, 0.15) is 35.2 Å². The molecule has 1 N–H and O–H groups in total. The Morgan fingerprint density at radius 3 is 2.48 bits per heavy atom. The number of rotatable bonds is 3. The average molecular weight is 418 g/mol. The molecule has 2 aromatic carbocycles. The summed E-state index contributed by atoms with van der Waals surface area (Å²) in [5, 5.41) is 12.5. The van der Waals surface area contributed by atoms with Gasteiger partial charge in [0.25, 0.3) is 5.91 Å². The molecule has 1 aromatic heterocycles. The fourth-order valence-electron chi connectivity index (χ4n) is 5.02. The molecule has 5 rings (SSSR count). The van der Waals surface area contributed by atoms with Crippen LogP contribution in [0.3, 0.4) is 0 Å². The maximum absolute atomic E-state index is 13.3. The predicted molar refractivity (Wildman–Crippen MR) is 118 cm³/mol. The number of para-hydroxylation sites is 1. The molecule has 3 heterocycles. The molecule has 0 aliphatic carbocycles. The molecule has 6 heteroatoms. The van der Waals surface area contributed by atoms with Gasteiger partial charge in [0.1, 0.15) is 16.7 Å². The van der Waals surface area contributed by atoms with Gasteiger partial charge in [0, 0.05) is 18.5 Å². The number of amides is 1. The zero-order chi connectivity index (χ0) is 21.4. The van der Waals surface area contributed by atoms with Gasteiger partial charge in [0.2, 0.25) is 0 Å². The van der Waals surface area contributed by atoms with Crippen LogP contribution in [0.15, 0.2) is 69.9 Å². The van der Waals surface area contributed by atoms with Crippen molar-refractivity contribution >= 4 is 16.9 Å². The normalized spacial score (nSPS) is 24.5. The minimum absolute atomic E-state index is 0.0454. The molecule has 0 spiro atoms. The third kappa shape index (κ3) is 3.56. The molecule has 0 radical (unpaired) electrons. The SMILES string of the molecule is O=C(c1cc2ccccc2oc1=O)N1CC[C@](O)(c2ccccc2)[C@H](N2CCCC2)C1. The first kappa shape index (κ1) is 20.0. The largest absolute Gasteiger partial charge is 0.422 e. The first-order valence-electron chi connectivity index (χ1n) is 10.9. The molecule has 3 aromatic rings. The van der Waals surface area contributed by atoms with Crippen molar-refractivity contribution < 1.29 is 14.3 Å². The lowest BCUT2D eigenvalue weighted by molar-refractivity contribution is -0.0878. The Morgan fingerprint density at radius 2 is 1.71 bits per heavy atom. The standard InChI is InChI=1S/C25H26N2O4/c28-23(20-16-18-8-4-5-11-21(18)31-24(20)29)27-15-12-25(30,19-9-2-1-3-10-19)22(17-27)26-13-6-7-14-26/h1-5,8-11,16,22,30H,6-7,12-15,17H2/t22-,25+/m1/s1. The van der Waals surface area contributed by atoms with Crippen molar-refractivity contribution in [2.45, 2.75) is 30.9 Å². The van der Waals surface area contributed by atoms with Crippen molar-refractivity contribution in [1.29, 1.82) is 0 Å². The number of carbonyl (C=O) groups excluding carboxylic acids is 1. The molecule has 160 valence electrons. The quantitative estimate of drug-likeness (QED) is 0.662. The number of hydrogen-bond donors (Lipinski definition) is 1. The number of carbonyl (C=O) groups is 1. The van der Waals surface area contributed by atoms with Crippen molar-refractivity contribution in [1.82, 2.24) is 9.80 Å². The predicted octanol–water partition coefficient (Wildman–Crippen LogP) is 2.99. The van der Waals surface area contributed by atoms with E-state index in [1.165, 1.54) is 0 Å². The van der Waals surface area contributed by atoms with Crippen molar-refractivity contribution in [3.63, 3.8) is 0 Å². The second-order valence-corrected chi connectivity index (χ2v) is 8.54. The molecule has 0 saturated carbocycles. The summed E-state index contributed by atoms with van der Waals surface area (Å²) in [4.78, 5) is 29.9. The zero-order valence-corrected chi connectivity index (χ0v) is 17.4. The van der Waals surface area contributed by atoms with Crippen LogP contribution < -0.4 is 5.63 Å². The minimum Gasteiger partial charge on any atom is -0.422 e. The van der Waals surface area contributed by atoms with Gasteiger partial charge in [0.05, 0.1) is 6.04 Å². The average Bonchev–Trinajstić information content (AvgIpc) is 3.34. The zero-order valence-electron chi connectivity index (χ0n) is 17.4. The Morgan fingerprint density at radius 1 is 1.00 bits per heavy atom. The van der Waals surface area contributed by atoms with Gasteiger partial charge in [-0.25, -0.2) is 4.79 Å². The Balaban J connectivity index is 1.47. The van der Waals surface area contributed by atoms with E-state index in [9.17, 15) is 14.7 Å². The Labute approximate surface area is 180 Å². The van der Waals surface area contributed by atoms with Gasteiger partial charge < -0.3 is 14.4 Å². The highest BCUT2D eigenvalue weighted by atomic mass is 16.4. The number of nitrogens with zero attached hydrogens (tertiary/aromatic N) is 2. The van der Waals surface area contributed by atoms with Crippen LogP contribution in [0, 0.1) is 0 Å². The van der Waals surface area contributed by atoms with Crippen LogP contribution in [-0.2, 0) is 5.60 Å². The molecule has 0 bridgehead atoms. The summed E-state index contributed by atoms with van der Waals surface area (Å²) >= 11 is 0. The highest BCUT2D eigenvalue weighted by molar-refractivity contribution is 5.96. The Bertz CT molecular complexity index is 1150. The molecule has 6 nitrogen and oxygen atoms in total. The molecule has 2 atom stereocenters. The van der Waals surface area contributed by atoms with E-state index in [1.807, 2.05) is 42.5 Å². The summed E-state index contributed by atoms with van der Waals surface area (Å²) in [7, 11) is 0.